The first-order valence-corrected chi connectivity index (χ1v) is 6.17. The zero-order valence-corrected chi connectivity index (χ0v) is 10.9. The number of H-pyrrole nitrogens is 1. The average molecular weight is 255 g/mol. The van der Waals surface area contributed by atoms with Gasteiger partial charge in [0.15, 0.2) is 0 Å². The van der Waals surface area contributed by atoms with Crippen LogP contribution < -0.4 is 10.9 Å². The molecule has 1 rings (SSSR count). The molecule has 6 nitrogen and oxygen atoms in total. The van der Waals surface area contributed by atoms with Gasteiger partial charge in [-0.15, -0.1) is 0 Å². The topological polar surface area (TPSA) is 87.2 Å². The second-order valence-corrected chi connectivity index (χ2v) is 4.29. The van der Waals surface area contributed by atoms with Gasteiger partial charge in [-0.25, -0.2) is 4.98 Å². The Kier molecular flexibility index (Phi) is 6.38. The van der Waals surface area contributed by atoms with Crippen LogP contribution in [0.3, 0.4) is 0 Å². The number of hydrogen-bond donors (Lipinski definition) is 3. The second-order valence-electron chi connectivity index (χ2n) is 4.29. The molecular weight excluding hydrogens is 234 g/mol. The van der Waals surface area contributed by atoms with Crippen molar-refractivity contribution in [2.75, 3.05) is 31.7 Å². The summed E-state index contributed by atoms with van der Waals surface area (Å²) < 4.78 is 5.13. The molecule has 0 aromatic carbocycles. The molecule has 0 bridgehead atoms. The van der Waals surface area contributed by atoms with E-state index in [-0.39, 0.29) is 18.1 Å². The second kappa shape index (κ2) is 7.84. The fourth-order valence-corrected chi connectivity index (χ4v) is 1.40. The van der Waals surface area contributed by atoms with Crippen molar-refractivity contribution in [2.45, 2.75) is 26.2 Å². The summed E-state index contributed by atoms with van der Waals surface area (Å²) in [5, 5.41) is 11.6. The molecule has 0 saturated heterocycles. The largest absolute Gasteiger partial charge is 0.394 e. The molecule has 1 aromatic rings. The summed E-state index contributed by atoms with van der Waals surface area (Å²) in [4.78, 5) is 18.4. The Bertz CT molecular complexity index is 404. The smallest absolute Gasteiger partial charge is 0.252 e. The molecule has 0 radical (unpaired) electrons. The highest BCUT2D eigenvalue weighted by atomic mass is 16.5. The van der Waals surface area contributed by atoms with Crippen molar-refractivity contribution < 1.29 is 9.84 Å². The van der Waals surface area contributed by atoms with Gasteiger partial charge in [0.2, 0.25) is 0 Å². The van der Waals surface area contributed by atoms with Gasteiger partial charge in [-0.05, 0) is 6.42 Å². The molecule has 1 heterocycles. The molecule has 0 amide bonds. The van der Waals surface area contributed by atoms with Gasteiger partial charge in [-0.3, -0.25) is 4.79 Å². The maximum Gasteiger partial charge on any atom is 0.252 e. The molecule has 0 aliphatic heterocycles. The molecule has 6 heteroatoms. The molecule has 0 aliphatic carbocycles. The summed E-state index contributed by atoms with van der Waals surface area (Å²) in [6.45, 7) is 5.62. The van der Waals surface area contributed by atoms with Gasteiger partial charge in [-0.1, -0.05) is 13.8 Å². The third kappa shape index (κ3) is 5.29. The molecule has 0 spiro atoms. The Balaban J connectivity index is 2.40. The molecule has 1 aromatic heterocycles. The maximum absolute atomic E-state index is 11.4. The molecule has 0 saturated carbocycles. The number of aliphatic hydroxyl groups is 1. The molecule has 0 unspecified atom stereocenters. The minimum Gasteiger partial charge on any atom is -0.394 e. The SMILES string of the molecule is CC(C)c1nc(NCCCOCCO)cc(=O)[nH]1. The van der Waals surface area contributed by atoms with Crippen LogP contribution in [0.4, 0.5) is 5.82 Å². The van der Waals surface area contributed by atoms with Gasteiger partial charge < -0.3 is 20.1 Å². The summed E-state index contributed by atoms with van der Waals surface area (Å²) in [6.07, 6.45) is 0.797. The lowest BCUT2D eigenvalue weighted by Crippen LogP contribution is -2.15. The lowest BCUT2D eigenvalue weighted by Gasteiger charge is -2.09. The van der Waals surface area contributed by atoms with E-state index >= 15 is 0 Å². The van der Waals surface area contributed by atoms with E-state index in [2.05, 4.69) is 15.3 Å². The quantitative estimate of drug-likeness (QED) is 0.595. The standard InChI is InChI=1S/C12H21N3O3/c1-9(2)12-14-10(8-11(17)15-12)13-4-3-6-18-7-5-16/h8-9,16H,3-7H2,1-2H3,(H2,13,14,15,17). The van der Waals surface area contributed by atoms with Crippen LogP contribution in [0.15, 0.2) is 10.9 Å². The Morgan fingerprint density at radius 2 is 2.28 bits per heavy atom. The number of nitrogens with one attached hydrogen (secondary N) is 2. The predicted octanol–water partition coefficient (Wildman–Crippen LogP) is 0.704. The lowest BCUT2D eigenvalue weighted by atomic mass is 10.2. The average Bonchev–Trinajstić information content (AvgIpc) is 2.33. The van der Waals surface area contributed by atoms with Gasteiger partial charge in [0.05, 0.1) is 13.2 Å². The predicted molar refractivity (Wildman–Crippen MR) is 70.0 cm³/mol. The molecule has 18 heavy (non-hydrogen) atoms. The van der Waals surface area contributed by atoms with E-state index in [4.69, 9.17) is 9.84 Å². The van der Waals surface area contributed by atoms with E-state index in [1.54, 1.807) is 0 Å². The number of aromatic nitrogens is 2. The van der Waals surface area contributed by atoms with Crippen molar-refractivity contribution in [3.05, 3.63) is 22.2 Å². The van der Waals surface area contributed by atoms with Gasteiger partial charge in [0.25, 0.3) is 5.56 Å². The molecule has 102 valence electrons. The van der Waals surface area contributed by atoms with E-state index in [9.17, 15) is 4.79 Å². The van der Waals surface area contributed by atoms with E-state index < -0.39 is 0 Å². The van der Waals surface area contributed by atoms with Crippen LogP contribution in [0, 0.1) is 0 Å². The van der Waals surface area contributed by atoms with E-state index in [0.29, 0.717) is 31.4 Å². The summed E-state index contributed by atoms with van der Waals surface area (Å²) >= 11 is 0. The van der Waals surface area contributed by atoms with E-state index in [1.165, 1.54) is 6.07 Å². The number of nitrogens with zero attached hydrogens (tertiary/aromatic N) is 1. The fraction of sp³-hybridized carbons (Fsp3) is 0.667. The normalized spacial score (nSPS) is 10.9. The molecule has 0 atom stereocenters. The Morgan fingerprint density at radius 1 is 1.50 bits per heavy atom. The third-order valence-electron chi connectivity index (χ3n) is 2.31. The van der Waals surface area contributed by atoms with Crippen LogP contribution in [0.5, 0.6) is 0 Å². The number of hydrogen-bond acceptors (Lipinski definition) is 5. The van der Waals surface area contributed by atoms with Crippen LogP contribution in [0.25, 0.3) is 0 Å². The third-order valence-corrected chi connectivity index (χ3v) is 2.31. The first-order valence-electron chi connectivity index (χ1n) is 6.17. The summed E-state index contributed by atoms with van der Waals surface area (Å²) in [5.74, 6) is 1.46. The van der Waals surface area contributed by atoms with Crippen molar-refractivity contribution in [2.24, 2.45) is 0 Å². The first kappa shape index (κ1) is 14.7. The lowest BCUT2D eigenvalue weighted by molar-refractivity contribution is 0.0922. The number of ether oxygens (including phenoxy) is 1. The molecule has 3 N–H and O–H groups in total. The van der Waals surface area contributed by atoms with E-state index in [0.717, 1.165) is 6.42 Å². The van der Waals surface area contributed by atoms with Crippen molar-refractivity contribution in [3.8, 4) is 0 Å². The molecular formula is C12H21N3O3. The zero-order chi connectivity index (χ0) is 13.4. The highest BCUT2D eigenvalue weighted by molar-refractivity contribution is 5.33. The van der Waals surface area contributed by atoms with E-state index in [1.807, 2.05) is 13.8 Å². The summed E-state index contributed by atoms with van der Waals surface area (Å²) in [7, 11) is 0. The van der Waals surface area contributed by atoms with Crippen molar-refractivity contribution in [1.29, 1.82) is 0 Å². The van der Waals surface area contributed by atoms with Gasteiger partial charge in [-0.2, -0.15) is 0 Å². The highest BCUT2D eigenvalue weighted by Gasteiger charge is 2.04. The van der Waals surface area contributed by atoms with Gasteiger partial charge >= 0.3 is 0 Å². The Hall–Kier alpha value is -1.40. The number of aromatic amines is 1. The van der Waals surface area contributed by atoms with Crippen molar-refractivity contribution >= 4 is 5.82 Å². The van der Waals surface area contributed by atoms with Crippen molar-refractivity contribution in [1.82, 2.24) is 9.97 Å². The Labute approximate surface area is 106 Å². The van der Waals surface area contributed by atoms with Crippen LogP contribution in [0.1, 0.15) is 32.0 Å². The molecule has 0 aliphatic rings. The van der Waals surface area contributed by atoms with Crippen LogP contribution in [-0.4, -0.2) is 41.4 Å². The number of anilines is 1. The van der Waals surface area contributed by atoms with Gasteiger partial charge in [0, 0.05) is 25.1 Å². The zero-order valence-electron chi connectivity index (χ0n) is 10.9. The van der Waals surface area contributed by atoms with Crippen LogP contribution in [-0.2, 0) is 4.74 Å². The first-order chi connectivity index (χ1) is 8.63. The summed E-state index contributed by atoms with van der Waals surface area (Å²) in [5.41, 5.74) is -0.146. The fourth-order valence-electron chi connectivity index (χ4n) is 1.40. The van der Waals surface area contributed by atoms with Gasteiger partial charge in [0.1, 0.15) is 11.6 Å². The monoisotopic (exact) mass is 255 g/mol. The Morgan fingerprint density at radius 3 is 2.94 bits per heavy atom. The maximum atomic E-state index is 11.4. The minimum absolute atomic E-state index is 0.0425. The highest BCUT2D eigenvalue weighted by Crippen LogP contribution is 2.08. The van der Waals surface area contributed by atoms with Crippen LogP contribution in [0.2, 0.25) is 0 Å². The minimum atomic E-state index is -0.146. The van der Waals surface area contributed by atoms with Crippen molar-refractivity contribution in [3.63, 3.8) is 0 Å². The number of rotatable bonds is 8. The molecule has 0 fully saturated rings. The number of aliphatic hydroxyl groups excluding tert-OH is 1. The van der Waals surface area contributed by atoms with Crippen LogP contribution >= 0.6 is 0 Å². The summed E-state index contributed by atoms with van der Waals surface area (Å²) in [6, 6.07) is 1.44.